The molecule has 0 saturated heterocycles. The van der Waals surface area contributed by atoms with Crippen LogP contribution in [0.4, 0.5) is 0 Å². The molecule has 0 bridgehead atoms. The van der Waals surface area contributed by atoms with E-state index in [-0.39, 0.29) is 0 Å². The van der Waals surface area contributed by atoms with E-state index in [2.05, 4.69) is 18.8 Å². The molecule has 0 aliphatic carbocycles. The monoisotopic (exact) mass is 166 g/mol. The number of hydrogen-bond acceptors (Lipinski definition) is 2. The Morgan fingerprint density at radius 3 is 2.83 bits per heavy atom. The van der Waals surface area contributed by atoms with E-state index >= 15 is 0 Å². The molecule has 0 aliphatic rings. The lowest BCUT2D eigenvalue weighted by Crippen LogP contribution is -2.17. The summed E-state index contributed by atoms with van der Waals surface area (Å²) in [6.07, 6.45) is 8.33. The van der Waals surface area contributed by atoms with Gasteiger partial charge in [-0.15, -0.1) is 0 Å². The highest BCUT2D eigenvalue weighted by Gasteiger charge is 1.88. The fourth-order valence-corrected chi connectivity index (χ4v) is 0.775. The topological polar surface area (TPSA) is 38.0 Å². The highest BCUT2D eigenvalue weighted by molar-refractivity contribution is 5.21. The van der Waals surface area contributed by atoms with E-state index in [1.807, 2.05) is 12.2 Å². The molecule has 3 N–H and O–H groups in total. The number of allylic oxidation sites excluding steroid dienone is 2. The van der Waals surface area contributed by atoms with E-state index in [1.54, 1.807) is 12.3 Å². The van der Waals surface area contributed by atoms with Gasteiger partial charge in [-0.25, -0.2) is 0 Å². The molecule has 0 aliphatic heterocycles. The highest BCUT2D eigenvalue weighted by atomic mass is 14.8. The van der Waals surface area contributed by atoms with Crippen LogP contribution in [-0.2, 0) is 0 Å². The first-order chi connectivity index (χ1) is 5.85. The van der Waals surface area contributed by atoms with Crippen LogP contribution in [0.25, 0.3) is 0 Å². The maximum absolute atomic E-state index is 5.41. The van der Waals surface area contributed by atoms with Gasteiger partial charge >= 0.3 is 0 Å². The minimum Gasteiger partial charge on any atom is -0.404 e. The Morgan fingerprint density at radius 2 is 2.33 bits per heavy atom. The SMILES string of the molecule is C=C/C=C\C(=C/N)CNCCC. The number of nitrogens with one attached hydrogen (secondary N) is 1. The largest absolute Gasteiger partial charge is 0.404 e. The predicted octanol–water partition coefficient (Wildman–Crippen LogP) is 1.57. The summed E-state index contributed by atoms with van der Waals surface area (Å²) in [4.78, 5) is 0. The molecule has 0 spiro atoms. The van der Waals surface area contributed by atoms with Gasteiger partial charge in [0, 0.05) is 6.54 Å². The molecule has 0 heterocycles. The summed E-state index contributed by atoms with van der Waals surface area (Å²) < 4.78 is 0. The maximum atomic E-state index is 5.41. The third-order valence-electron chi connectivity index (χ3n) is 1.42. The summed E-state index contributed by atoms with van der Waals surface area (Å²) in [6.45, 7) is 7.58. The van der Waals surface area contributed by atoms with Crippen LogP contribution < -0.4 is 11.1 Å². The maximum Gasteiger partial charge on any atom is 0.0219 e. The quantitative estimate of drug-likeness (QED) is 0.464. The van der Waals surface area contributed by atoms with Crippen LogP contribution in [0.15, 0.2) is 36.6 Å². The molecule has 0 fully saturated rings. The molecule has 12 heavy (non-hydrogen) atoms. The van der Waals surface area contributed by atoms with Crippen LogP contribution in [0.5, 0.6) is 0 Å². The normalized spacial score (nSPS) is 12.2. The number of hydrogen-bond donors (Lipinski definition) is 2. The lowest BCUT2D eigenvalue weighted by molar-refractivity contribution is 0.719. The molecule has 0 unspecified atom stereocenters. The Kier molecular flexibility index (Phi) is 7.39. The second kappa shape index (κ2) is 8.08. The summed E-state index contributed by atoms with van der Waals surface area (Å²) in [5, 5.41) is 3.26. The molecular weight excluding hydrogens is 148 g/mol. The fourth-order valence-electron chi connectivity index (χ4n) is 0.775. The van der Waals surface area contributed by atoms with Gasteiger partial charge in [0.15, 0.2) is 0 Å². The van der Waals surface area contributed by atoms with E-state index in [0.29, 0.717) is 0 Å². The van der Waals surface area contributed by atoms with Gasteiger partial charge in [0.1, 0.15) is 0 Å². The van der Waals surface area contributed by atoms with Crippen LogP contribution in [0.3, 0.4) is 0 Å². The van der Waals surface area contributed by atoms with E-state index in [9.17, 15) is 0 Å². The average Bonchev–Trinajstić information content (AvgIpc) is 2.11. The molecule has 2 heteroatoms. The highest BCUT2D eigenvalue weighted by Crippen LogP contribution is 1.92. The van der Waals surface area contributed by atoms with Gasteiger partial charge in [0.05, 0.1) is 0 Å². The number of nitrogens with two attached hydrogens (primary N) is 1. The average molecular weight is 166 g/mol. The van der Waals surface area contributed by atoms with Crippen LogP contribution >= 0.6 is 0 Å². The zero-order chi connectivity index (χ0) is 9.23. The van der Waals surface area contributed by atoms with Crippen molar-refractivity contribution in [2.75, 3.05) is 13.1 Å². The molecule has 0 amide bonds. The van der Waals surface area contributed by atoms with E-state index < -0.39 is 0 Å². The summed E-state index contributed by atoms with van der Waals surface area (Å²) >= 11 is 0. The summed E-state index contributed by atoms with van der Waals surface area (Å²) in [5.74, 6) is 0. The molecule has 0 aromatic rings. The predicted molar refractivity (Wildman–Crippen MR) is 54.8 cm³/mol. The van der Waals surface area contributed by atoms with Crippen molar-refractivity contribution in [1.82, 2.24) is 5.32 Å². The Labute approximate surface area is 74.8 Å². The first-order valence-electron chi connectivity index (χ1n) is 4.25. The van der Waals surface area contributed by atoms with Gasteiger partial charge in [-0.1, -0.05) is 31.7 Å². The van der Waals surface area contributed by atoms with Gasteiger partial charge in [-0.3, -0.25) is 0 Å². The summed E-state index contributed by atoms with van der Waals surface area (Å²) in [7, 11) is 0. The van der Waals surface area contributed by atoms with Crippen molar-refractivity contribution in [2.24, 2.45) is 5.73 Å². The lowest BCUT2D eigenvalue weighted by atomic mass is 10.2. The van der Waals surface area contributed by atoms with Crippen molar-refractivity contribution in [1.29, 1.82) is 0 Å². The van der Waals surface area contributed by atoms with Crippen LogP contribution in [0.2, 0.25) is 0 Å². The molecule has 0 radical (unpaired) electrons. The zero-order valence-electron chi connectivity index (χ0n) is 7.72. The van der Waals surface area contributed by atoms with Crippen molar-refractivity contribution in [3.63, 3.8) is 0 Å². The van der Waals surface area contributed by atoms with Crippen molar-refractivity contribution >= 4 is 0 Å². The Bertz CT molecular complexity index is 169. The van der Waals surface area contributed by atoms with Crippen LogP contribution in [-0.4, -0.2) is 13.1 Å². The first-order valence-corrected chi connectivity index (χ1v) is 4.25. The van der Waals surface area contributed by atoms with Crippen molar-refractivity contribution in [3.8, 4) is 0 Å². The molecule has 0 aromatic carbocycles. The van der Waals surface area contributed by atoms with Gasteiger partial charge < -0.3 is 11.1 Å². The zero-order valence-corrected chi connectivity index (χ0v) is 7.72. The third-order valence-corrected chi connectivity index (χ3v) is 1.42. The second-order valence-electron chi connectivity index (χ2n) is 2.51. The third kappa shape index (κ3) is 5.74. The summed E-state index contributed by atoms with van der Waals surface area (Å²) in [6, 6.07) is 0. The minimum absolute atomic E-state index is 0.828. The first kappa shape index (κ1) is 11.0. The molecule has 68 valence electrons. The Hall–Kier alpha value is -1.02. The standard InChI is InChI=1S/C10H18N2/c1-3-5-6-10(8-11)9-12-7-4-2/h3,5-6,8,12H,1,4,7,9,11H2,2H3/b6-5-,10-8+. The molecular formula is C10H18N2. The molecule has 2 nitrogen and oxygen atoms in total. The molecule has 0 aromatic heterocycles. The van der Waals surface area contributed by atoms with Gasteiger partial charge in [0.25, 0.3) is 0 Å². The van der Waals surface area contributed by atoms with Gasteiger partial charge in [-0.2, -0.15) is 0 Å². The van der Waals surface area contributed by atoms with Crippen molar-refractivity contribution < 1.29 is 0 Å². The minimum atomic E-state index is 0.828. The lowest BCUT2D eigenvalue weighted by Gasteiger charge is -2.02. The smallest absolute Gasteiger partial charge is 0.0219 e. The van der Waals surface area contributed by atoms with Crippen LogP contribution in [0, 0.1) is 0 Å². The van der Waals surface area contributed by atoms with Crippen molar-refractivity contribution in [2.45, 2.75) is 13.3 Å². The van der Waals surface area contributed by atoms with Gasteiger partial charge in [-0.05, 0) is 24.7 Å². The summed E-state index contributed by atoms with van der Waals surface area (Å²) in [5.41, 5.74) is 6.49. The molecule has 0 atom stereocenters. The molecule has 0 rings (SSSR count). The Morgan fingerprint density at radius 1 is 1.58 bits per heavy atom. The van der Waals surface area contributed by atoms with E-state index in [0.717, 1.165) is 25.1 Å². The van der Waals surface area contributed by atoms with E-state index in [1.165, 1.54) is 0 Å². The van der Waals surface area contributed by atoms with Crippen LogP contribution in [0.1, 0.15) is 13.3 Å². The fraction of sp³-hybridized carbons (Fsp3) is 0.400. The molecule has 0 saturated carbocycles. The van der Waals surface area contributed by atoms with Gasteiger partial charge in [0.2, 0.25) is 0 Å². The second-order valence-corrected chi connectivity index (χ2v) is 2.51. The van der Waals surface area contributed by atoms with E-state index in [4.69, 9.17) is 5.73 Å². The Balaban J connectivity index is 3.69. The number of rotatable bonds is 6. The van der Waals surface area contributed by atoms with Crippen molar-refractivity contribution in [3.05, 3.63) is 36.6 Å².